The van der Waals surface area contributed by atoms with Gasteiger partial charge in [0.15, 0.2) is 5.82 Å². The third-order valence-corrected chi connectivity index (χ3v) is 15.9. The first-order valence-corrected chi connectivity index (χ1v) is 24.8. The normalized spacial score (nSPS) is 21.2. The average molecular weight is 981 g/mol. The van der Waals surface area contributed by atoms with Crippen molar-refractivity contribution in [3.8, 4) is 28.6 Å². The number of aromatic nitrogens is 4. The lowest BCUT2D eigenvalue weighted by molar-refractivity contribution is -0.147. The molecule has 0 bridgehead atoms. The number of phenols is 2. The molecule has 6 heterocycles. The van der Waals surface area contributed by atoms with E-state index in [-0.39, 0.29) is 71.2 Å². The molecule has 2 saturated heterocycles. The number of carbonyl (C=O) groups is 4. The number of nitrogens with zero attached hydrogens (tertiary/aromatic N) is 6. The number of cyclic esters (lactones) is 1. The van der Waals surface area contributed by atoms with Crippen LogP contribution in [-0.4, -0.2) is 114 Å². The SMILES string of the molecule is CCC1C(=O)OCC(C)=C1/C=C1/c2nc3cc(F)c(C)c4c3c(c2CN1C=O)C(NC(=O)OC1CC2(C1)CN(CC1CN(C(=O)c3ccc(-n5c(-c6cc(C(C)C)c(O)cc6O)n[nH]c5=O)cc3)C1)C2)CC4. The first-order valence-electron chi connectivity index (χ1n) is 24.8. The molecule has 5 aromatic rings. The molecule has 374 valence electrons. The van der Waals surface area contributed by atoms with Crippen molar-refractivity contribution in [3.63, 3.8) is 0 Å². The summed E-state index contributed by atoms with van der Waals surface area (Å²) >= 11 is 0. The number of phenolic OH excluding ortho intramolecular Hbond substituents is 2. The minimum absolute atomic E-state index is 0.0433. The molecule has 4 aliphatic heterocycles. The summed E-state index contributed by atoms with van der Waals surface area (Å²) in [6.45, 7) is 13.7. The number of aromatic hydroxyl groups is 2. The summed E-state index contributed by atoms with van der Waals surface area (Å²) in [5, 5.41) is 31.6. The maximum Gasteiger partial charge on any atom is 0.407 e. The molecular weight excluding hydrogens is 924 g/mol. The highest BCUT2D eigenvalue weighted by molar-refractivity contribution is 5.96. The lowest BCUT2D eigenvalue weighted by atomic mass is 9.61. The van der Waals surface area contributed by atoms with Crippen molar-refractivity contribution in [2.75, 3.05) is 39.3 Å². The van der Waals surface area contributed by atoms with Gasteiger partial charge >= 0.3 is 17.8 Å². The Labute approximate surface area is 414 Å². The molecule has 11 rings (SSSR count). The van der Waals surface area contributed by atoms with Crippen molar-refractivity contribution in [3.05, 3.63) is 115 Å². The van der Waals surface area contributed by atoms with E-state index in [1.807, 2.05) is 38.7 Å². The van der Waals surface area contributed by atoms with Crippen molar-refractivity contribution < 1.29 is 43.3 Å². The van der Waals surface area contributed by atoms with E-state index in [1.54, 1.807) is 42.2 Å². The molecule has 3 fully saturated rings. The van der Waals surface area contributed by atoms with Crippen molar-refractivity contribution in [1.82, 2.24) is 39.8 Å². The van der Waals surface area contributed by atoms with Gasteiger partial charge in [-0.25, -0.2) is 28.6 Å². The smallest absolute Gasteiger partial charge is 0.407 e. The zero-order valence-corrected chi connectivity index (χ0v) is 40.9. The zero-order valence-electron chi connectivity index (χ0n) is 40.9. The van der Waals surface area contributed by atoms with Gasteiger partial charge in [-0.3, -0.25) is 14.4 Å². The van der Waals surface area contributed by atoms with Gasteiger partial charge in [0.25, 0.3) is 5.91 Å². The number of hydrogen-bond donors (Lipinski definition) is 4. The first kappa shape index (κ1) is 47.0. The second-order valence-electron chi connectivity index (χ2n) is 21.0. The molecule has 2 aliphatic carbocycles. The highest BCUT2D eigenvalue weighted by atomic mass is 19.1. The third-order valence-electron chi connectivity index (χ3n) is 15.9. The van der Waals surface area contributed by atoms with E-state index in [0.717, 1.165) is 72.1 Å². The zero-order chi connectivity index (χ0) is 50.5. The lowest BCUT2D eigenvalue weighted by Crippen LogP contribution is -2.66. The number of pyridine rings is 1. The molecule has 2 atom stereocenters. The van der Waals surface area contributed by atoms with Gasteiger partial charge in [-0.05, 0) is 122 Å². The monoisotopic (exact) mass is 980 g/mol. The number of halogens is 1. The van der Waals surface area contributed by atoms with Gasteiger partial charge in [0.05, 0.1) is 46.7 Å². The third kappa shape index (κ3) is 7.90. The average Bonchev–Trinajstić information content (AvgIpc) is 3.87. The van der Waals surface area contributed by atoms with Gasteiger partial charge in [-0.15, -0.1) is 0 Å². The Kier molecular flexibility index (Phi) is 11.6. The number of aromatic amines is 1. The Hall–Kier alpha value is -7.34. The number of H-pyrrole nitrogens is 1. The summed E-state index contributed by atoms with van der Waals surface area (Å²) in [7, 11) is 0. The van der Waals surface area contributed by atoms with Crippen molar-refractivity contribution in [2.45, 2.75) is 91.3 Å². The van der Waals surface area contributed by atoms with Crippen LogP contribution in [0.3, 0.4) is 0 Å². The molecule has 3 aromatic carbocycles. The molecule has 1 saturated carbocycles. The second kappa shape index (κ2) is 17.8. The van der Waals surface area contributed by atoms with E-state index < -0.39 is 23.7 Å². The molecule has 18 heteroatoms. The van der Waals surface area contributed by atoms with Gasteiger partial charge in [0.2, 0.25) is 6.41 Å². The van der Waals surface area contributed by atoms with Crippen LogP contribution in [0.1, 0.15) is 109 Å². The molecule has 4 N–H and O–H groups in total. The van der Waals surface area contributed by atoms with Crippen LogP contribution < -0.4 is 11.0 Å². The van der Waals surface area contributed by atoms with Crippen LogP contribution >= 0.6 is 0 Å². The predicted octanol–water partition coefficient (Wildman–Crippen LogP) is 6.92. The topological polar surface area (TPSA) is 213 Å². The fraction of sp³-hybridized carbons (Fsp3) is 0.426. The first-order chi connectivity index (χ1) is 34.5. The van der Waals surface area contributed by atoms with Crippen LogP contribution in [0.15, 0.2) is 64.5 Å². The van der Waals surface area contributed by atoms with Crippen molar-refractivity contribution in [2.24, 2.45) is 17.3 Å². The van der Waals surface area contributed by atoms with Crippen molar-refractivity contribution >= 4 is 41.0 Å². The number of aryl methyl sites for hydroxylation is 1. The maximum absolute atomic E-state index is 15.4. The fourth-order valence-corrected chi connectivity index (χ4v) is 12.2. The van der Waals surface area contributed by atoms with Crippen LogP contribution in [0.2, 0.25) is 0 Å². The molecule has 17 nitrogen and oxygen atoms in total. The van der Waals surface area contributed by atoms with Crippen LogP contribution in [0.25, 0.3) is 33.7 Å². The van der Waals surface area contributed by atoms with Gasteiger partial charge in [-0.1, -0.05) is 20.8 Å². The van der Waals surface area contributed by atoms with Gasteiger partial charge in [-0.2, -0.15) is 5.10 Å². The number of amides is 3. The highest BCUT2D eigenvalue weighted by Crippen LogP contribution is 2.51. The van der Waals surface area contributed by atoms with E-state index >= 15 is 4.39 Å². The molecular formula is C54H57FN8O9. The highest BCUT2D eigenvalue weighted by Gasteiger charge is 2.54. The second-order valence-corrected chi connectivity index (χ2v) is 21.0. The van der Waals surface area contributed by atoms with Crippen LogP contribution in [0.4, 0.5) is 9.18 Å². The summed E-state index contributed by atoms with van der Waals surface area (Å²) in [5.74, 6) is -1.08. The largest absolute Gasteiger partial charge is 0.508 e. The lowest BCUT2D eigenvalue weighted by Gasteiger charge is -2.59. The number of likely N-dealkylation sites (tertiary alicyclic amines) is 2. The van der Waals surface area contributed by atoms with E-state index in [0.29, 0.717) is 77.6 Å². The number of hydrogen-bond acceptors (Lipinski definition) is 12. The molecule has 72 heavy (non-hydrogen) atoms. The van der Waals surface area contributed by atoms with E-state index in [4.69, 9.17) is 14.5 Å². The Balaban J connectivity index is 0.694. The van der Waals surface area contributed by atoms with Gasteiger partial charge in [0, 0.05) is 72.7 Å². The summed E-state index contributed by atoms with van der Waals surface area (Å²) in [5.41, 5.74) is 7.53. The number of allylic oxidation sites excluding steroid dienone is 1. The number of carbonyl (C=O) groups excluding carboxylic acids is 4. The standard InChI is InChI=1S/C54H57FN8O9/c1-6-34-37(28(4)23-71-51(34)68)14-43-48-39(22-62(43)26-64)47-41(12-11-35-29(5)40(55)15-42(56-48)46(35)47)57-53(70)72-33-17-54(18-33)24-60(25-54)19-30-20-61(21-30)50(67)31-7-9-32(10-8-31)63-49(58-59-52(63)69)38-13-36(27(2)3)44(65)16-45(38)66/h7-10,13-16,26-27,30,33-34,41,65-66H,6,11-12,17-25H2,1-5H3,(H,57,70)(H,59,69)/b43-14-. The van der Waals surface area contributed by atoms with Gasteiger partial charge in [0.1, 0.15) is 30.0 Å². The summed E-state index contributed by atoms with van der Waals surface area (Å²) in [4.78, 5) is 76.3. The summed E-state index contributed by atoms with van der Waals surface area (Å²) in [6, 6.07) is 10.5. The van der Waals surface area contributed by atoms with E-state index in [2.05, 4.69) is 20.4 Å². The molecule has 0 radical (unpaired) electrons. The Morgan fingerprint density at radius 1 is 1.06 bits per heavy atom. The number of fused-ring (bicyclic) bond motifs is 2. The molecule has 2 aromatic heterocycles. The predicted molar refractivity (Wildman–Crippen MR) is 262 cm³/mol. The molecule has 6 aliphatic rings. The fourth-order valence-electron chi connectivity index (χ4n) is 12.2. The number of alkyl carbamates (subject to hydrolysis) is 1. The minimum Gasteiger partial charge on any atom is -0.508 e. The molecule has 3 amide bonds. The number of rotatable bonds is 11. The summed E-state index contributed by atoms with van der Waals surface area (Å²) < 4.78 is 28.2. The molecule has 2 unspecified atom stereocenters. The van der Waals surface area contributed by atoms with E-state index in [9.17, 15) is 34.2 Å². The minimum atomic E-state index is -0.520. The van der Waals surface area contributed by atoms with Crippen LogP contribution in [0, 0.1) is 30.0 Å². The molecule has 1 spiro atoms. The quantitative estimate of drug-likeness (QED) is 0.0785. The number of esters is 1. The number of benzene rings is 3. The number of nitrogens with one attached hydrogen (secondary N) is 2. The van der Waals surface area contributed by atoms with E-state index in [1.165, 1.54) is 16.7 Å². The summed E-state index contributed by atoms with van der Waals surface area (Å²) in [6.07, 6.45) is 4.92. The maximum atomic E-state index is 15.4. The van der Waals surface area contributed by atoms with Crippen LogP contribution in [-0.2, 0) is 32.0 Å². The van der Waals surface area contributed by atoms with Gasteiger partial charge < -0.3 is 39.7 Å². The number of ether oxygens (including phenoxy) is 2. The Bertz CT molecular complexity index is 3230. The Morgan fingerprint density at radius 3 is 2.51 bits per heavy atom. The van der Waals surface area contributed by atoms with Crippen LogP contribution in [0.5, 0.6) is 11.5 Å². The Morgan fingerprint density at radius 2 is 1.81 bits per heavy atom. The van der Waals surface area contributed by atoms with Crippen molar-refractivity contribution in [1.29, 1.82) is 0 Å².